The van der Waals surface area contributed by atoms with Crippen LogP contribution in [0.3, 0.4) is 0 Å². The zero-order valence-corrected chi connectivity index (χ0v) is 12.1. The van der Waals surface area contributed by atoms with Gasteiger partial charge in [-0.05, 0) is 32.0 Å². The van der Waals surface area contributed by atoms with Crippen LogP contribution in [0, 0.1) is 6.92 Å². The van der Waals surface area contributed by atoms with Crippen LogP contribution in [0.2, 0.25) is 0 Å². The van der Waals surface area contributed by atoms with Crippen molar-refractivity contribution in [3.63, 3.8) is 0 Å². The average Bonchev–Trinajstić information content (AvgIpc) is 2.75. The fraction of sp³-hybridized carbons (Fsp3) is 0.250. The van der Waals surface area contributed by atoms with Crippen LogP contribution in [0.4, 0.5) is 0 Å². The molecule has 0 amide bonds. The van der Waals surface area contributed by atoms with E-state index >= 15 is 0 Å². The maximum absolute atomic E-state index is 11.3. The van der Waals surface area contributed by atoms with Crippen molar-refractivity contribution in [3.05, 3.63) is 36.2 Å². The lowest BCUT2D eigenvalue weighted by Crippen LogP contribution is -2.03. The van der Waals surface area contributed by atoms with Gasteiger partial charge in [0.1, 0.15) is 11.4 Å². The Morgan fingerprint density at radius 3 is 2.63 bits per heavy atom. The quantitative estimate of drug-likeness (QED) is 0.814. The van der Waals surface area contributed by atoms with E-state index in [2.05, 4.69) is 5.10 Å². The molecule has 0 fully saturated rings. The Hall–Kier alpha value is -1.53. The van der Waals surface area contributed by atoms with E-state index in [0.717, 1.165) is 5.69 Å². The minimum absolute atomic E-state index is 0.00486. The maximum Gasteiger partial charge on any atom is 0.261 e. The lowest BCUT2D eigenvalue weighted by atomic mass is 10.3. The van der Waals surface area contributed by atoms with Crippen LogP contribution in [-0.4, -0.2) is 24.8 Å². The van der Waals surface area contributed by atoms with Crippen LogP contribution in [0.1, 0.15) is 12.6 Å². The van der Waals surface area contributed by atoms with Crippen molar-refractivity contribution in [3.8, 4) is 11.4 Å². The van der Waals surface area contributed by atoms with Gasteiger partial charge >= 0.3 is 0 Å². The summed E-state index contributed by atoms with van der Waals surface area (Å²) in [5.41, 5.74) is 1.52. The molecule has 0 atom stereocenters. The number of rotatable bonds is 4. The number of nitrogens with zero attached hydrogens (tertiary/aromatic N) is 2. The Labute approximate surface area is 116 Å². The Morgan fingerprint density at radius 2 is 2.11 bits per heavy atom. The molecule has 1 aromatic heterocycles. The van der Waals surface area contributed by atoms with Crippen LogP contribution in [0.5, 0.6) is 5.75 Å². The molecule has 0 aliphatic rings. The number of halogens is 1. The van der Waals surface area contributed by atoms with Crippen molar-refractivity contribution in [1.82, 2.24) is 9.78 Å². The Kier molecular flexibility index (Phi) is 3.82. The number of hydrogen-bond acceptors (Lipinski definition) is 4. The SMILES string of the molecule is CCOc1cc(S(=O)(=O)Cl)ccc1-n1ccc(C)n1. The first-order chi connectivity index (χ1) is 8.91. The molecule has 0 N–H and O–H groups in total. The van der Waals surface area contributed by atoms with Gasteiger partial charge in [0.2, 0.25) is 0 Å². The lowest BCUT2D eigenvalue weighted by molar-refractivity contribution is 0.337. The van der Waals surface area contributed by atoms with E-state index in [9.17, 15) is 8.42 Å². The summed E-state index contributed by atoms with van der Waals surface area (Å²) in [4.78, 5) is 0.00486. The number of hydrogen-bond donors (Lipinski definition) is 0. The molecule has 0 spiro atoms. The summed E-state index contributed by atoms with van der Waals surface area (Å²) >= 11 is 0. The highest BCUT2D eigenvalue weighted by Crippen LogP contribution is 2.28. The van der Waals surface area contributed by atoms with Gasteiger partial charge in [-0.15, -0.1) is 0 Å². The molecular formula is C12H13ClN2O3S. The van der Waals surface area contributed by atoms with Gasteiger partial charge in [-0.3, -0.25) is 0 Å². The van der Waals surface area contributed by atoms with Gasteiger partial charge in [0.15, 0.2) is 0 Å². The first kappa shape index (κ1) is 13.9. The van der Waals surface area contributed by atoms with Crippen molar-refractivity contribution in [2.45, 2.75) is 18.7 Å². The topological polar surface area (TPSA) is 61.2 Å². The van der Waals surface area contributed by atoms with E-state index in [1.807, 2.05) is 19.9 Å². The molecule has 0 aliphatic heterocycles. The molecule has 5 nitrogen and oxygen atoms in total. The molecule has 0 saturated carbocycles. The van der Waals surface area contributed by atoms with E-state index in [0.29, 0.717) is 18.0 Å². The molecule has 1 heterocycles. The maximum atomic E-state index is 11.3. The second-order valence-corrected chi connectivity index (χ2v) is 6.47. The highest BCUT2D eigenvalue weighted by molar-refractivity contribution is 8.13. The molecule has 19 heavy (non-hydrogen) atoms. The third-order valence-corrected chi connectivity index (χ3v) is 3.83. The van der Waals surface area contributed by atoms with Crippen LogP contribution in [0.15, 0.2) is 35.4 Å². The molecule has 1 aromatic carbocycles. The number of aryl methyl sites for hydroxylation is 1. The lowest BCUT2D eigenvalue weighted by Gasteiger charge is -2.11. The summed E-state index contributed by atoms with van der Waals surface area (Å²) in [6.45, 7) is 4.10. The van der Waals surface area contributed by atoms with E-state index < -0.39 is 9.05 Å². The Bertz CT molecular complexity index is 695. The summed E-state index contributed by atoms with van der Waals surface area (Å²) < 4.78 is 29.7. The molecule has 0 aliphatic carbocycles. The third-order valence-electron chi connectivity index (χ3n) is 2.48. The molecular weight excluding hydrogens is 288 g/mol. The highest BCUT2D eigenvalue weighted by Gasteiger charge is 2.15. The first-order valence-corrected chi connectivity index (χ1v) is 7.97. The fourth-order valence-electron chi connectivity index (χ4n) is 1.66. The Balaban J connectivity index is 2.55. The summed E-state index contributed by atoms with van der Waals surface area (Å²) in [6.07, 6.45) is 1.78. The van der Waals surface area contributed by atoms with Crippen molar-refractivity contribution in [2.75, 3.05) is 6.61 Å². The number of benzene rings is 1. The predicted molar refractivity (Wildman–Crippen MR) is 72.5 cm³/mol. The van der Waals surface area contributed by atoms with Crippen molar-refractivity contribution in [2.24, 2.45) is 0 Å². The average molecular weight is 301 g/mol. The van der Waals surface area contributed by atoms with Crippen LogP contribution >= 0.6 is 10.7 Å². The van der Waals surface area contributed by atoms with Crippen molar-refractivity contribution < 1.29 is 13.2 Å². The second kappa shape index (κ2) is 5.22. The van der Waals surface area contributed by atoms with E-state index in [4.69, 9.17) is 15.4 Å². The molecule has 0 saturated heterocycles. The smallest absolute Gasteiger partial charge is 0.261 e. The molecule has 0 unspecified atom stereocenters. The Morgan fingerprint density at radius 1 is 1.37 bits per heavy atom. The minimum atomic E-state index is -3.77. The second-order valence-electron chi connectivity index (χ2n) is 3.90. The molecule has 2 rings (SSSR count). The standard InChI is InChI=1S/C12H13ClN2O3S/c1-3-18-12-8-10(19(13,16)17)4-5-11(12)15-7-6-9(2)14-15/h4-8H,3H2,1-2H3. The summed E-state index contributed by atoms with van der Waals surface area (Å²) in [5, 5.41) is 4.27. The van der Waals surface area contributed by atoms with Gasteiger partial charge in [0, 0.05) is 22.9 Å². The zero-order chi connectivity index (χ0) is 14.0. The molecule has 102 valence electrons. The molecule has 0 bridgehead atoms. The number of aromatic nitrogens is 2. The van der Waals surface area contributed by atoms with Gasteiger partial charge in [-0.1, -0.05) is 0 Å². The third kappa shape index (κ3) is 3.08. The summed E-state index contributed by atoms with van der Waals surface area (Å²) in [5.74, 6) is 0.423. The molecule has 0 radical (unpaired) electrons. The van der Waals surface area contributed by atoms with Crippen LogP contribution in [0.25, 0.3) is 5.69 Å². The number of ether oxygens (including phenoxy) is 1. The van der Waals surface area contributed by atoms with E-state index in [-0.39, 0.29) is 4.90 Å². The normalized spacial score (nSPS) is 11.5. The van der Waals surface area contributed by atoms with Gasteiger partial charge in [-0.25, -0.2) is 13.1 Å². The molecule has 2 aromatic rings. The van der Waals surface area contributed by atoms with Crippen LogP contribution < -0.4 is 4.74 Å². The minimum Gasteiger partial charge on any atom is -0.492 e. The summed E-state index contributed by atoms with van der Waals surface area (Å²) in [7, 11) is 1.55. The van der Waals surface area contributed by atoms with Crippen molar-refractivity contribution >= 4 is 19.7 Å². The van der Waals surface area contributed by atoms with E-state index in [1.54, 1.807) is 16.9 Å². The van der Waals surface area contributed by atoms with Gasteiger partial charge in [0.25, 0.3) is 9.05 Å². The molecule has 7 heteroatoms. The fourth-order valence-corrected chi connectivity index (χ4v) is 2.42. The van der Waals surface area contributed by atoms with Crippen molar-refractivity contribution in [1.29, 1.82) is 0 Å². The predicted octanol–water partition coefficient (Wildman–Crippen LogP) is 2.51. The highest BCUT2D eigenvalue weighted by atomic mass is 35.7. The van der Waals surface area contributed by atoms with Gasteiger partial charge in [0.05, 0.1) is 17.2 Å². The van der Waals surface area contributed by atoms with Gasteiger partial charge < -0.3 is 4.74 Å². The first-order valence-electron chi connectivity index (χ1n) is 5.66. The van der Waals surface area contributed by atoms with Gasteiger partial charge in [-0.2, -0.15) is 5.10 Å². The summed E-state index contributed by atoms with van der Waals surface area (Å²) in [6, 6.07) is 6.30. The van der Waals surface area contributed by atoms with E-state index in [1.165, 1.54) is 12.1 Å². The van der Waals surface area contributed by atoms with Crippen LogP contribution in [-0.2, 0) is 9.05 Å². The zero-order valence-electron chi connectivity index (χ0n) is 10.5. The monoisotopic (exact) mass is 300 g/mol. The largest absolute Gasteiger partial charge is 0.492 e.